The standard InChI is InChI=1S/C12H18/c1-2-6-10-9(5-1)11-7-3-4-8-12(10)11/h5,10-12H,1-4,6-8H2/t10?,11-,12+/m1/s1. The molecule has 0 aromatic heterocycles. The van der Waals surface area contributed by atoms with Gasteiger partial charge >= 0.3 is 0 Å². The van der Waals surface area contributed by atoms with Crippen LogP contribution in [0.15, 0.2) is 11.6 Å². The highest BCUT2D eigenvalue weighted by atomic mass is 14.5. The van der Waals surface area contributed by atoms with E-state index in [1.165, 1.54) is 38.5 Å². The van der Waals surface area contributed by atoms with E-state index in [1.807, 2.05) is 5.57 Å². The van der Waals surface area contributed by atoms with Gasteiger partial charge in [0, 0.05) is 0 Å². The fraction of sp³-hybridized carbons (Fsp3) is 0.833. The zero-order chi connectivity index (χ0) is 7.97. The highest BCUT2D eigenvalue weighted by Crippen LogP contribution is 2.56. The minimum Gasteiger partial charge on any atom is -0.0847 e. The van der Waals surface area contributed by atoms with Gasteiger partial charge in [-0.25, -0.2) is 0 Å². The third-order valence-corrected chi connectivity index (χ3v) is 4.29. The quantitative estimate of drug-likeness (QED) is 0.478. The van der Waals surface area contributed by atoms with E-state index in [4.69, 9.17) is 0 Å². The molecule has 1 unspecified atom stereocenters. The second kappa shape index (κ2) is 2.61. The average Bonchev–Trinajstić information content (AvgIpc) is 2.14. The van der Waals surface area contributed by atoms with Crippen molar-refractivity contribution in [1.29, 1.82) is 0 Å². The van der Waals surface area contributed by atoms with Gasteiger partial charge in [0.25, 0.3) is 0 Å². The first-order valence-corrected chi connectivity index (χ1v) is 5.67. The molecule has 0 N–H and O–H groups in total. The maximum Gasteiger partial charge on any atom is -0.0166 e. The van der Waals surface area contributed by atoms with Gasteiger partial charge in [-0.1, -0.05) is 24.5 Å². The van der Waals surface area contributed by atoms with Crippen LogP contribution in [-0.2, 0) is 0 Å². The first-order valence-electron chi connectivity index (χ1n) is 5.67. The molecule has 0 nitrogen and oxygen atoms in total. The minimum absolute atomic E-state index is 1.06. The van der Waals surface area contributed by atoms with Crippen LogP contribution < -0.4 is 0 Å². The minimum atomic E-state index is 1.06. The normalized spacial score (nSPS) is 45.3. The van der Waals surface area contributed by atoms with Crippen LogP contribution in [0.4, 0.5) is 0 Å². The number of allylic oxidation sites excluding steroid dienone is 2. The van der Waals surface area contributed by atoms with Gasteiger partial charge in [-0.05, 0) is 49.9 Å². The topological polar surface area (TPSA) is 0 Å². The molecule has 0 aromatic carbocycles. The molecule has 0 aliphatic heterocycles. The number of hydrogen-bond acceptors (Lipinski definition) is 0. The largest absolute Gasteiger partial charge is 0.0847 e. The van der Waals surface area contributed by atoms with E-state index in [9.17, 15) is 0 Å². The maximum atomic E-state index is 2.57. The first kappa shape index (κ1) is 7.17. The van der Waals surface area contributed by atoms with E-state index in [2.05, 4.69) is 6.08 Å². The van der Waals surface area contributed by atoms with Gasteiger partial charge in [0.15, 0.2) is 0 Å². The molecule has 2 fully saturated rings. The Bertz CT molecular complexity index is 214. The van der Waals surface area contributed by atoms with Crippen molar-refractivity contribution >= 4 is 0 Å². The van der Waals surface area contributed by atoms with Crippen molar-refractivity contribution in [1.82, 2.24) is 0 Å². The van der Waals surface area contributed by atoms with Crippen LogP contribution in [0.3, 0.4) is 0 Å². The number of hydrogen-bond donors (Lipinski definition) is 0. The van der Waals surface area contributed by atoms with Gasteiger partial charge < -0.3 is 0 Å². The molecule has 0 amide bonds. The molecule has 3 rings (SSSR count). The summed E-state index contributed by atoms with van der Waals surface area (Å²) in [5, 5.41) is 0. The molecule has 0 saturated heterocycles. The van der Waals surface area contributed by atoms with Crippen molar-refractivity contribution in [3.05, 3.63) is 11.6 Å². The third kappa shape index (κ3) is 0.841. The Morgan fingerprint density at radius 3 is 2.58 bits per heavy atom. The third-order valence-electron chi connectivity index (χ3n) is 4.29. The summed E-state index contributed by atoms with van der Waals surface area (Å²) in [7, 11) is 0. The lowest BCUT2D eigenvalue weighted by atomic mass is 9.53. The summed E-state index contributed by atoms with van der Waals surface area (Å²) < 4.78 is 0. The first-order chi connectivity index (χ1) is 5.97. The van der Waals surface area contributed by atoms with Crippen LogP contribution in [0.2, 0.25) is 0 Å². The zero-order valence-corrected chi connectivity index (χ0v) is 7.76. The fourth-order valence-electron chi connectivity index (χ4n) is 3.75. The summed E-state index contributed by atoms with van der Waals surface area (Å²) in [6.07, 6.45) is 13.0. The van der Waals surface area contributed by atoms with E-state index in [0.717, 1.165) is 17.8 Å². The van der Waals surface area contributed by atoms with Crippen LogP contribution >= 0.6 is 0 Å². The van der Waals surface area contributed by atoms with Crippen molar-refractivity contribution in [3.63, 3.8) is 0 Å². The Morgan fingerprint density at radius 1 is 0.917 bits per heavy atom. The van der Waals surface area contributed by atoms with Gasteiger partial charge in [-0.2, -0.15) is 0 Å². The number of rotatable bonds is 0. The Labute approximate surface area is 75.0 Å². The average molecular weight is 162 g/mol. The van der Waals surface area contributed by atoms with Crippen LogP contribution in [-0.4, -0.2) is 0 Å². The molecule has 3 aliphatic carbocycles. The van der Waals surface area contributed by atoms with E-state index in [1.54, 1.807) is 6.42 Å². The number of fused-ring (bicyclic) bond motifs is 4. The van der Waals surface area contributed by atoms with E-state index < -0.39 is 0 Å². The molecule has 0 bridgehead atoms. The molecule has 12 heavy (non-hydrogen) atoms. The lowest BCUT2D eigenvalue weighted by molar-refractivity contribution is 0.0976. The van der Waals surface area contributed by atoms with Crippen molar-refractivity contribution in [2.45, 2.75) is 44.9 Å². The Kier molecular flexibility index (Phi) is 1.56. The second-order valence-electron chi connectivity index (χ2n) is 4.80. The molecule has 66 valence electrons. The van der Waals surface area contributed by atoms with E-state index in [-0.39, 0.29) is 0 Å². The van der Waals surface area contributed by atoms with Gasteiger partial charge in [0.1, 0.15) is 0 Å². The zero-order valence-electron chi connectivity index (χ0n) is 7.76. The van der Waals surface area contributed by atoms with Crippen molar-refractivity contribution in [3.8, 4) is 0 Å². The lowest BCUT2D eigenvalue weighted by Gasteiger charge is -2.52. The van der Waals surface area contributed by atoms with Crippen LogP contribution in [0.5, 0.6) is 0 Å². The van der Waals surface area contributed by atoms with Crippen molar-refractivity contribution < 1.29 is 0 Å². The van der Waals surface area contributed by atoms with Crippen LogP contribution in [0, 0.1) is 17.8 Å². The molecule has 0 heterocycles. The molecule has 2 saturated carbocycles. The predicted molar refractivity (Wildman–Crippen MR) is 50.9 cm³/mol. The Hall–Kier alpha value is -0.260. The summed E-state index contributed by atoms with van der Waals surface area (Å²) in [5.41, 5.74) is 1.88. The van der Waals surface area contributed by atoms with E-state index in [0.29, 0.717) is 0 Å². The van der Waals surface area contributed by atoms with Crippen LogP contribution in [0.1, 0.15) is 44.9 Å². The van der Waals surface area contributed by atoms with Gasteiger partial charge in [0.05, 0.1) is 0 Å². The molecule has 0 spiro atoms. The van der Waals surface area contributed by atoms with Crippen molar-refractivity contribution in [2.75, 3.05) is 0 Å². The molecular formula is C12H18. The molecule has 0 heteroatoms. The smallest absolute Gasteiger partial charge is 0.0166 e. The van der Waals surface area contributed by atoms with Gasteiger partial charge in [-0.15, -0.1) is 0 Å². The summed E-state index contributed by atoms with van der Waals surface area (Å²) in [6.45, 7) is 0. The molecule has 0 aromatic rings. The lowest BCUT2D eigenvalue weighted by Crippen LogP contribution is -2.42. The van der Waals surface area contributed by atoms with Gasteiger partial charge in [-0.3, -0.25) is 0 Å². The highest BCUT2D eigenvalue weighted by molar-refractivity contribution is 5.26. The second-order valence-corrected chi connectivity index (χ2v) is 4.80. The highest BCUT2D eigenvalue weighted by Gasteiger charge is 2.46. The molecular weight excluding hydrogens is 144 g/mol. The molecule has 3 aliphatic rings. The monoisotopic (exact) mass is 162 g/mol. The predicted octanol–water partition coefficient (Wildman–Crippen LogP) is 3.53. The summed E-state index contributed by atoms with van der Waals surface area (Å²) in [5.74, 6) is 3.25. The Balaban J connectivity index is 1.83. The SMILES string of the molecule is C1=C2C(CCC1)[C@@H]1CCCC[C@H]21. The van der Waals surface area contributed by atoms with Crippen molar-refractivity contribution in [2.24, 2.45) is 17.8 Å². The molecule has 3 atom stereocenters. The molecule has 0 radical (unpaired) electrons. The van der Waals surface area contributed by atoms with Crippen LogP contribution in [0.25, 0.3) is 0 Å². The Morgan fingerprint density at radius 2 is 1.67 bits per heavy atom. The summed E-state index contributed by atoms with van der Waals surface area (Å²) in [4.78, 5) is 0. The van der Waals surface area contributed by atoms with Gasteiger partial charge in [0.2, 0.25) is 0 Å². The maximum absolute atomic E-state index is 2.57. The fourth-order valence-corrected chi connectivity index (χ4v) is 3.75. The van der Waals surface area contributed by atoms with E-state index >= 15 is 0 Å². The summed E-state index contributed by atoms with van der Waals surface area (Å²) in [6, 6.07) is 0. The summed E-state index contributed by atoms with van der Waals surface area (Å²) >= 11 is 0.